The fourth-order valence-electron chi connectivity index (χ4n) is 3.16. The molecule has 0 saturated carbocycles. The molecule has 0 aliphatic rings. The van der Waals surface area contributed by atoms with E-state index in [1.807, 2.05) is 36.6 Å². The van der Waals surface area contributed by atoms with Crippen molar-refractivity contribution in [2.24, 2.45) is 0 Å². The van der Waals surface area contributed by atoms with Crippen molar-refractivity contribution in [1.82, 2.24) is 14.5 Å². The third-order valence-electron chi connectivity index (χ3n) is 4.22. The van der Waals surface area contributed by atoms with Crippen molar-refractivity contribution in [2.75, 3.05) is 6.61 Å². The predicted octanol–water partition coefficient (Wildman–Crippen LogP) is 3.54. The normalized spacial score (nSPS) is 11.0. The number of hydrogen-bond acceptors (Lipinski definition) is 5. The van der Waals surface area contributed by atoms with E-state index in [1.165, 1.54) is 6.08 Å². The zero-order valence-electron chi connectivity index (χ0n) is 15.6. The lowest BCUT2D eigenvalue weighted by Gasteiger charge is -2.09. The Hall–Kier alpha value is -3.46. The highest BCUT2D eigenvalue weighted by Crippen LogP contribution is 2.29. The number of ether oxygens (including phenoxy) is 1. The average molecular weight is 360 g/mol. The minimum atomic E-state index is -0.444. The van der Waals surface area contributed by atoms with E-state index in [2.05, 4.69) is 16.0 Å². The number of nitriles is 1. The SMILES string of the molecule is CCOC(=O)C=Cc1c(C#N)c2c(C)cc(C)nc2n1Cc1cccnc1. The van der Waals surface area contributed by atoms with Crippen LogP contribution in [0.25, 0.3) is 17.1 Å². The first kappa shape index (κ1) is 18.3. The number of pyridine rings is 2. The minimum Gasteiger partial charge on any atom is -0.463 e. The third-order valence-corrected chi connectivity index (χ3v) is 4.22. The fraction of sp³-hybridized carbons (Fsp3) is 0.238. The summed E-state index contributed by atoms with van der Waals surface area (Å²) in [6.07, 6.45) is 6.47. The third kappa shape index (κ3) is 3.72. The Balaban J connectivity index is 2.24. The van der Waals surface area contributed by atoms with Gasteiger partial charge in [-0.3, -0.25) is 4.98 Å². The summed E-state index contributed by atoms with van der Waals surface area (Å²) < 4.78 is 6.91. The maximum atomic E-state index is 11.8. The van der Waals surface area contributed by atoms with Gasteiger partial charge in [-0.15, -0.1) is 0 Å². The zero-order valence-corrected chi connectivity index (χ0v) is 15.6. The molecule has 0 aromatic carbocycles. The number of carbonyl (C=O) groups excluding carboxylic acids is 1. The molecule has 6 heteroatoms. The molecule has 6 nitrogen and oxygen atoms in total. The van der Waals surface area contributed by atoms with Gasteiger partial charge in [0, 0.05) is 29.5 Å². The molecule has 0 atom stereocenters. The summed E-state index contributed by atoms with van der Waals surface area (Å²) in [5.41, 5.74) is 4.67. The van der Waals surface area contributed by atoms with Crippen LogP contribution in [0.3, 0.4) is 0 Å². The van der Waals surface area contributed by atoms with Gasteiger partial charge in [0.2, 0.25) is 0 Å². The quantitative estimate of drug-likeness (QED) is 0.513. The van der Waals surface area contributed by atoms with Gasteiger partial charge in [0.25, 0.3) is 0 Å². The number of nitrogens with zero attached hydrogens (tertiary/aromatic N) is 4. The summed E-state index contributed by atoms with van der Waals surface area (Å²) in [7, 11) is 0. The van der Waals surface area contributed by atoms with E-state index in [0.29, 0.717) is 24.4 Å². The van der Waals surface area contributed by atoms with Crippen LogP contribution in [0, 0.1) is 25.2 Å². The van der Waals surface area contributed by atoms with E-state index in [1.54, 1.807) is 25.4 Å². The molecule has 0 unspecified atom stereocenters. The predicted molar refractivity (Wildman–Crippen MR) is 103 cm³/mol. The van der Waals surface area contributed by atoms with Gasteiger partial charge in [0.05, 0.1) is 24.4 Å². The van der Waals surface area contributed by atoms with E-state index in [4.69, 9.17) is 4.74 Å². The first-order chi connectivity index (χ1) is 13.0. The van der Waals surface area contributed by atoms with Crippen molar-refractivity contribution in [1.29, 1.82) is 5.26 Å². The van der Waals surface area contributed by atoms with Gasteiger partial charge in [-0.1, -0.05) is 6.07 Å². The Morgan fingerprint density at radius 2 is 2.22 bits per heavy atom. The molecule has 0 bridgehead atoms. The summed E-state index contributed by atoms with van der Waals surface area (Å²) in [5.74, 6) is -0.444. The Morgan fingerprint density at radius 1 is 1.41 bits per heavy atom. The van der Waals surface area contributed by atoms with E-state index in [-0.39, 0.29) is 0 Å². The molecular formula is C21H20N4O2. The Kier molecular flexibility index (Phi) is 5.32. The molecule has 27 heavy (non-hydrogen) atoms. The van der Waals surface area contributed by atoms with Crippen molar-refractivity contribution >= 4 is 23.1 Å². The second-order valence-corrected chi connectivity index (χ2v) is 6.18. The molecule has 0 amide bonds. The van der Waals surface area contributed by atoms with Crippen LogP contribution in [0.5, 0.6) is 0 Å². The van der Waals surface area contributed by atoms with Gasteiger partial charge in [-0.25, -0.2) is 9.78 Å². The molecule has 0 fully saturated rings. The molecule has 0 spiro atoms. The smallest absolute Gasteiger partial charge is 0.330 e. The molecule has 0 aliphatic carbocycles. The van der Waals surface area contributed by atoms with Gasteiger partial charge in [0.1, 0.15) is 11.7 Å². The maximum Gasteiger partial charge on any atom is 0.330 e. The molecular weight excluding hydrogens is 340 g/mol. The van der Waals surface area contributed by atoms with Crippen molar-refractivity contribution < 1.29 is 9.53 Å². The second kappa shape index (κ2) is 7.83. The highest BCUT2D eigenvalue weighted by Gasteiger charge is 2.19. The molecule has 3 aromatic heterocycles. The summed E-state index contributed by atoms with van der Waals surface area (Å²) in [5, 5.41) is 10.6. The van der Waals surface area contributed by atoms with Crippen LogP contribution < -0.4 is 0 Å². The Morgan fingerprint density at radius 3 is 2.89 bits per heavy atom. The van der Waals surface area contributed by atoms with Crippen LogP contribution in [-0.4, -0.2) is 27.1 Å². The lowest BCUT2D eigenvalue weighted by molar-refractivity contribution is -0.137. The molecule has 3 aromatic rings. The molecule has 0 radical (unpaired) electrons. The molecule has 136 valence electrons. The zero-order chi connectivity index (χ0) is 19.4. The van der Waals surface area contributed by atoms with Crippen molar-refractivity contribution in [3.05, 3.63) is 64.7 Å². The summed E-state index contributed by atoms with van der Waals surface area (Å²) >= 11 is 0. The van der Waals surface area contributed by atoms with E-state index in [9.17, 15) is 10.1 Å². The number of aryl methyl sites for hydroxylation is 2. The highest BCUT2D eigenvalue weighted by atomic mass is 16.5. The van der Waals surface area contributed by atoms with Crippen LogP contribution in [0.4, 0.5) is 0 Å². The van der Waals surface area contributed by atoms with Gasteiger partial charge >= 0.3 is 5.97 Å². The number of rotatable bonds is 5. The van der Waals surface area contributed by atoms with Gasteiger partial charge in [-0.2, -0.15) is 5.26 Å². The van der Waals surface area contributed by atoms with Crippen LogP contribution in [0.2, 0.25) is 0 Å². The van der Waals surface area contributed by atoms with Crippen molar-refractivity contribution in [3.8, 4) is 6.07 Å². The number of aromatic nitrogens is 3. The molecule has 0 saturated heterocycles. The molecule has 3 rings (SSSR count). The summed E-state index contributed by atoms with van der Waals surface area (Å²) in [4.78, 5) is 20.6. The number of fused-ring (bicyclic) bond motifs is 1. The van der Waals surface area contributed by atoms with Crippen LogP contribution in [0.1, 0.15) is 35.0 Å². The number of esters is 1. The minimum absolute atomic E-state index is 0.298. The fourth-order valence-corrected chi connectivity index (χ4v) is 3.16. The van der Waals surface area contributed by atoms with Gasteiger partial charge < -0.3 is 9.30 Å². The van der Waals surface area contributed by atoms with E-state index >= 15 is 0 Å². The van der Waals surface area contributed by atoms with E-state index < -0.39 is 5.97 Å². The first-order valence-corrected chi connectivity index (χ1v) is 8.69. The first-order valence-electron chi connectivity index (χ1n) is 8.69. The monoisotopic (exact) mass is 360 g/mol. The molecule has 0 N–H and O–H groups in total. The number of carbonyl (C=O) groups is 1. The average Bonchev–Trinajstić information content (AvgIpc) is 2.94. The summed E-state index contributed by atoms with van der Waals surface area (Å²) in [6.45, 7) is 6.43. The molecule has 3 heterocycles. The van der Waals surface area contributed by atoms with Crippen LogP contribution in [0.15, 0.2) is 36.7 Å². The topological polar surface area (TPSA) is 80.8 Å². The van der Waals surface area contributed by atoms with Gasteiger partial charge in [0.15, 0.2) is 0 Å². The second-order valence-electron chi connectivity index (χ2n) is 6.18. The Bertz CT molecular complexity index is 1060. The van der Waals surface area contributed by atoms with Crippen LogP contribution in [-0.2, 0) is 16.1 Å². The van der Waals surface area contributed by atoms with Crippen molar-refractivity contribution in [3.63, 3.8) is 0 Å². The summed E-state index contributed by atoms with van der Waals surface area (Å²) in [6, 6.07) is 8.07. The van der Waals surface area contributed by atoms with Gasteiger partial charge in [-0.05, 0) is 50.1 Å². The standard InChI is InChI=1S/C21H20N4O2/c1-4-27-19(26)8-7-18-17(11-22)20-14(2)10-15(3)24-21(20)25(18)13-16-6-5-9-23-12-16/h5-10,12H,4,13H2,1-3H3. The van der Waals surface area contributed by atoms with Crippen LogP contribution >= 0.6 is 0 Å². The largest absolute Gasteiger partial charge is 0.463 e. The highest BCUT2D eigenvalue weighted by molar-refractivity contribution is 5.94. The number of hydrogen-bond donors (Lipinski definition) is 0. The lowest BCUT2D eigenvalue weighted by atomic mass is 10.1. The Labute approximate surface area is 157 Å². The van der Waals surface area contributed by atoms with E-state index in [0.717, 1.165) is 27.9 Å². The lowest BCUT2D eigenvalue weighted by Crippen LogP contribution is -2.05. The molecule has 0 aliphatic heterocycles. The van der Waals surface area contributed by atoms with Crippen molar-refractivity contribution in [2.45, 2.75) is 27.3 Å². The maximum absolute atomic E-state index is 11.8.